The van der Waals surface area contributed by atoms with Crippen molar-refractivity contribution in [3.8, 4) is 6.07 Å². The minimum atomic E-state index is -1.40. The molecule has 2 atom stereocenters. The minimum absolute atomic E-state index is 0.0266. The number of hydrogen-bond donors (Lipinski definition) is 1. The van der Waals surface area contributed by atoms with Crippen molar-refractivity contribution in [1.82, 2.24) is 0 Å². The third-order valence-corrected chi connectivity index (χ3v) is 8.55. The Bertz CT molecular complexity index is 1720. The van der Waals surface area contributed by atoms with Crippen molar-refractivity contribution in [1.29, 1.82) is 5.26 Å². The zero-order valence-corrected chi connectivity index (χ0v) is 25.2. The summed E-state index contributed by atoms with van der Waals surface area (Å²) in [5.74, 6) is -3.04. The van der Waals surface area contributed by atoms with Gasteiger partial charge in [-0.15, -0.1) is 23.2 Å². The Morgan fingerprint density at radius 2 is 1.62 bits per heavy atom. The fraction of sp³-hybridized carbons (Fsp3) is 0.129. The molecule has 0 aromatic heterocycles. The van der Waals surface area contributed by atoms with Crippen LogP contribution in [0.15, 0.2) is 84.9 Å². The number of nitrogens with zero attached hydrogens (tertiary/aromatic N) is 2. The molecule has 5 nitrogen and oxygen atoms in total. The van der Waals surface area contributed by atoms with Crippen LogP contribution in [-0.4, -0.2) is 16.1 Å². The zero-order valence-electron chi connectivity index (χ0n) is 21.4. The maximum atomic E-state index is 14.0. The highest BCUT2D eigenvalue weighted by atomic mass is 35.5. The molecule has 1 saturated carbocycles. The number of alkyl halides is 2. The summed E-state index contributed by atoms with van der Waals surface area (Å²) in [6, 6.07) is 23.9. The summed E-state index contributed by atoms with van der Waals surface area (Å²) in [5.41, 5.74) is 1.88. The lowest BCUT2D eigenvalue weighted by Crippen LogP contribution is -2.31. The van der Waals surface area contributed by atoms with E-state index in [0.717, 1.165) is 11.6 Å². The molecule has 0 aliphatic heterocycles. The molecule has 11 heteroatoms. The predicted octanol–water partition coefficient (Wildman–Crippen LogP) is 9.03. The summed E-state index contributed by atoms with van der Waals surface area (Å²) in [5, 5.41) is 13.3. The van der Waals surface area contributed by atoms with E-state index in [4.69, 9.17) is 58.0 Å². The minimum Gasteiger partial charge on any atom is -0.326 e. The van der Waals surface area contributed by atoms with Crippen molar-refractivity contribution in [3.63, 3.8) is 0 Å². The first-order chi connectivity index (χ1) is 20.0. The number of carbonyl (C=O) groups excluding carboxylic acids is 2. The van der Waals surface area contributed by atoms with E-state index in [1.54, 1.807) is 18.2 Å². The summed E-state index contributed by atoms with van der Waals surface area (Å²) in [4.78, 5) is 28.6. The average molecular weight is 662 g/mol. The van der Waals surface area contributed by atoms with E-state index >= 15 is 0 Å². The lowest BCUT2D eigenvalue weighted by atomic mass is 10.1. The van der Waals surface area contributed by atoms with Gasteiger partial charge < -0.3 is 10.2 Å². The standard InChI is InChI=1S/C31H19Cl5FN3O2/c32-20-10-18(11-21(33)13-20)27-28(31(27,35)36)29(41)39-23-7-8-25(34)24(14-23)30(42)40(16-17-4-2-1-3-5-17)26-9-6-22(37)12-19(26)15-38/h1-14,27-28H,16H2,(H,39,41). The Morgan fingerprint density at radius 1 is 0.929 bits per heavy atom. The van der Waals surface area contributed by atoms with E-state index in [2.05, 4.69) is 5.32 Å². The topological polar surface area (TPSA) is 73.2 Å². The van der Waals surface area contributed by atoms with Gasteiger partial charge in [0, 0.05) is 21.7 Å². The fourth-order valence-electron chi connectivity index (χ4n) is 4.82. The Morgan fingerprint density at radius 3 is 2.29 bits per heavy atom. The molecule has 1 aliphatic carbocycles. The molecule has 0 saturated heterocycles. The van der Waals surface area contributed by atoms with Gasteiger partial charge in [0.2, 0.25) is 5.91 Å². The van der Waals surface area contributed by atoms with E-state index in [1.807, 2.05) is 36.4 Å². The van der Waals surface area contributed by atoms with Gasteiger partial charge in [-0.25, -0.2) is 4.39 Å². The second-order valence-corrected chi connectivity index (χ2v) is 12.4. The molecule has 0 spiro atoms. The Balaban J connectivity index is 1.44. The van der Waals surface area contributed by atoms with Gasteiger partial charge in [-0.2, -0.15) is 5.26 Å². The van der Waals surface area contributed by atoms with Crippen LogP contribution in [0.1, 0.15) is 33.0 Å². The van der Waals surface area contributed by atoms with Crippen LogP contribution in [-0.2, 0) is 11.3 Å². The molecule has 0 radical (unpaired) electrons. The van der Waals surface area contributed by atoms with Gasteiger partial charge in [-0.1, -0.05) is 65.1 Å². The van der Waals surface area contributed by atoms with Crippen molar-refractivity contribution in [3.05, 3.63) is 128 Å². The number of nitriles is 1. The van der Waals surface area contributed by atoms with E-state index in [0.29, 0.717) is 15.6 Å². The summed E-state index contributed by atoms with van der Waals surface area (Å²) in [7, 11) is 0. The highest BCUT2D eigenvalue weighted by Crippen LogP contribution is 2.65. The molecule has 2 unspecified atom stereocenters. The SMILES string of the molecule is N#Cc1cc(F)ccc1N(Cc1ccccc1)C(=O)c1cc(NC(=O)C2C(c3cc(Cl)cc(Cl)c3)C2(Cl)Cl)ccc1Cl. The van der Waals surface area contributed by atoms with E-state index < -0.39 is 33.8 Å². The van der Waals surface area contributed by atoms with Crippen LogP contribution in [0, 0.1) is 23.1 Å². The van der Waals surface area contributed by atoms with Crippen LogP contribution in [0.2, 0.25) is 15.1 Å². The number of carbonyl (C=O) groups is 2. The second-order valence-electron chi connectivity index (χ2n) is 9.67. The first-order valence-corrected chi connectivity index (χ1v) is 14.4. The van der Waals surface area contributed by atoms with Crippen molar-refractivity contribution in [2.45, 2.75) is 16.8 Å². The molecule has 1 N–H and O–H groups in total. The lowest BCUT2D eigenvalue weighted by Gasteiger charge is -2.25. The number of hydrogen-bond acceptors (Lipinski definition) is 3. The molecule has 0 bridgehead atoms. The van der Waals surface area contributed by atoms with E-state index in [-0.39, 0.29) is 34.1 Å². The number of amides is 2. The number of halogens is 6. The van der Waals surface area contributed by atoms with Crippen LogP contribution < -0.4 is 10.2 Å². The summed E-state index contributed by atoms with van der Waals surface area (Å²) in [6.07, 6.45) is 0. The van der Waals surface area contributed by atoms with Gasteiger partial charge in [-0.05, 0) is 65.7 Å². The molecular formula is C31H19Cl5FN3O2. The fourth-order valence-corrected chi connectivity index (χ4v) is 6.39. The van der Waals surface area contributed by atoms with E-state index in [1.165, 1.54) is 35.2 Å². The van der Waals surface area contributed by atoms with Gasteiger partial charge in [0.1, 0.15) is 16.2 Å². The van der Waals surface area contributed by atoms with Crippen molar-refractivity contribution in [2.75, 3.05) is 10.2 Å². The van der Waals surface area contributed by atoms with E-state index in [9.17, 15) is 19.2 Å². The third-order valence-electron chi connectivity index (χ3n) is 6.84. The van der Waals surface area contributed by atoms with Crippen molar-refractivity contribution < 1.29 is 14.0 Å². The summed E-state index contributed by atoms with van der Waals surface area (Å²) < 4.78 is 12.5. The molecule has 42 heavy (non-hydrogen) atoms. The van der Waals surface area contributed by atoms with Gasteiger partial charge in [0.05, 0.1) is 34.3 Å². The lowest BCUT2D eigenvalue weighted by molar-refractivity contribution is -0.117. The highest BCUT2D eigenvalue weighted by molar-refractivity contribution is 6.53. The highest BCUT2D eigenvalue weighted by Gasteiger charge is 2.67. The molecule has 2 amide bonds. The number of anilines is 2. The molecule has 4 aromatic rings. The number of rotatable bonds is 7. The molecule has 5 rings (SSSR count). The van der Waals surface area contributed by atoms with Crippen molar-refractivity contribution >= 4 is 81.2 Å². The zero-order chi connectivity index (χ0) is 30.2. The van der Waals surface area contributed by atoms with Gasteiger partial charge >= 0.3 is 0 Å². The van der Waals surface area contributed by atoms with Crippen LogP contribution in [0.25, 0.3) is 0 Å². The summed E-state index contributed by atoms with van der Waals surface area (Å²) >= 11 is 31.7. The molecule has 212 valence electrons. The quantitative estimate of drug-likeness (QED) is 0.201. The molecule has 0 heterocycles. The van der Waals surface area contributed by atoms with Crippen LogP contribution in [0.5, 0.6) is 0 Å². The average Bonchev–Trinajstić information content (AvgIpc) is 3.54. The van der Waals surface area contributed by atoms with Gasteiger partial charge in [0.25, 0.3) is 5.91 Å². The second kappa shape index (κ2) is 12.1. The molecular weight excluding hydrogens is 643 g/mol. The van der Waals surface area contributed by atoms with Crippen LogP contribution >= 0.6 is 58.0 Å². The predicted molar refractivity (Wildman–Crippen MR) is 165 cm³/mol. The van der Waals surface area contributed by atoms with Gasteiger partial charge in [0.15, 0.2) is 0 Å². The van der Waals surface area contributed by atoms with Crippen LogP contribution in [0.3, 0.4) is 0 Å². The van der Waals surface area contributed by atoms with Crippen molar-refractivity contribution in [2.24, 2.45) is 5.92 Å². The maximum Gasteiger partial charge on any atom is 0.260 e. The Kier molecular flexibility index (Phi) is 8.71. The number of benzene rings is 4. The first-order valence-electron chi connectivity index (χ1n) is 12.5. The monoisotopic (exact) mass is 659 g/mol. The Labute approximate surface area is 266 Å². The molecule has 1 aliphatic rings. The molecule has 4 aromatic carbocycles. The van der Waals surface area contributed by atoms with Gasteiger partial charge in [-0.3, -0.25) is 9.59 Å². The third kappa shape index (κ3) is 6.22. The maximum absolute atomic E-state index is 14.0. The largest absolute Gasteiger partial charge is 0.326 e. The normalized spacial score (nSPS) is 16.8. The smallest absolute Gasteiger partial charge is 0.260 e. The molecule has 1 fully saturated rings. The number of nitrogens with one attached hydrogen (secondary N) is 1. The Hall–Kier alpha value is -3.31. The summed E-state index contributed by atoms with van der Waals surface area (Å²) in [6.45, 7) is 0.0693. The first kappa shape index (κ1) is 30.2. The van der Waals surface area contributed by atoms with Crippen LogP contribution in [0.4, 0.5) is 15.8 Å².